The van der Waals surface area contributed by atoms with Gasteiger partial charge in [-0.05, 0) is 28.8 Å². The molecule has 1 aliphatic rings. The third-order valence-electron chi connectivity index (χ3n) is 3.50. The third kappa shape index (κ3) is 2.93. The van der Waals surface area contributed by atoms with Crippen molar-refractivity contribution in [2.75, 3.05) is 6.54 Å². The molecule has 0 spiro atoms. The van der Waals surface area contributed by atoms with Gasteiger partial charge in [0.2, 0.25) is 0 Å². The summed E-state index contributed by atoms with van der Waals surface area (Å²) in [6.45, 7) is 10.1. The van der Waals surface area contributed by atoms with Gasteiger partial charge in [0.1, 0.15) is 6.20 Å². The monoisotopic (exact) mass is 231 g/mol. The maximum absolute atomic E-state index is 4.59. The standard InChI is InChI=1S/C15H23N2/c1-12-7-9-17(10-8-12)14-6-5-13(11-16-14)15(2,3)4/h5-6,9,11-12H,7-8,10H2,1-4H3/q+1. The Hall–Kier alpha value is -1.18. The van der Waals surface area contributed by atoms with E-state index < -0.39 is 0 Å². The zero-order chi connectivity index (χ0) is 12.5. The molecule has 0 bridgehead atoms. The molecule has 0 amide bonds. The molecule has 0 saturated heterocycles. The van der Waals surface area contributed by atoms with Crippen LogP contribution in [0.4, 0.5) is 5.82 Å². The van der Waals surface area contributed by atoms with E-state index in [-0.39, 0.29) is 5.41 Å². The summed E-state index contributed by atoms with van der Waals surface area (Å²) in [6, 6.07) is 4.35. The molecule has 0 N–H and O–H groups in total. The lowest BCUT2D eigenvalue weighted by Crippen LogP contribution is -2.20. The predicted molar refractivity (Wildman–Crippen MR) is 72.2 cm³/mol. The molecule has 0 aliphatic carbocycles. The summed E-state index contributed by atoms with van der Waals surface area (Å²) in [5.41, 5.74) is 1.48. The summed E-state index contributed by atoms with van der Waals surface area (Å²) in [7, 11) is 0. The SMILES string of the molecule is CC1CC=[N+](c2ccc(C(C)(C)C)cn2)CC1. The van der Waals surface area contributed by atoms with Gasteiger partial charge in [-0.25, -0.2) is 4.58 Å². The zero-order valence-corrected chi connectivity index (χ0v) is 11.4. The van der Waals surface area contributed by atoms with Gasteiger partial charge in [0.25, 0.3) is 0 Å². The van der Waals surface area contributed by atoms with Gasteiger partial charge in [-0.3, -0.25) is 0 Å². The Morgan fingerprint density at radius 3 is 2.53 bits per heavy atom. The molecular weight excluding hydrogens is 208 g/mol. The topological polar surface area (TPSA) is 15.9 Å². The number of rotatable bonds is 1. The summed E-state index contributed by atoms with van der Waals surface area (Å²) in [4.78, 5) is 4.59. The Balaban J connectivity index is 2.19. The van der Waals surface area contributed by atoms with Crippen molar-refractivity contribution in [1.82, 2.24) is 4.98 Å². The lowest BCUT2D eigenvalue weighted by atomic mass is 9.88. The van der Waals surface area contributed by atoms with E-state index in [0.29, 0.717) is 0 Å². The van der Waals surface area contributed by atoms with E-state index in [2.05, 4.69) is 55.6 Å². The van der Waals surface area contributed by atoms with E-state index in [0.717, 1.165) is 18.3 Å². The molecule has 92 valence electrons. The second-order valence-electron chi connectivity index (χ2n) is 6.16. The van der Waals surface area contributed by atoms with Gasteiger partial charge in [0.05, 0.1) is 12.8 Å². The third-order valence-corrected chi connectivity index (χ3v) is 3.50. The highest BCUT2D eigenvalue weighted by Gasteiger charge is 2.20. The molecule has 2 nitrogen and oxygen atoms in total. The summed E-state index contributed by atoms with van der Waals surface area (Å²) < 4.78 is 2.28. The first-order valence-electron chi connectivity index (χ1n) is 6.53. The number of aromatic nitrogens is 1. The smallest absolute Gasteiger partial charge is 0.235 e. The van der Waals surface area contributed by atoms with Crippen LogP contribution < -0.4 is 0 Å². The quantitative estimate of drug-likeness (QED) is 0.675. The molecule has 1 unspecified atom stereocenters. The molecule has 2 rings (SSSR count). The summed E-state index contributed by atoms with van der Waals surface area (Å²) in [5, 5.41) is 0. The van der Waals surface area contributed by atoms with E-state index in [9.17, 15) is 0 Å². The summed E-state index contributed by atoms with van der Waals surface area (Å²) in [6.07, 6.45) is 6.73. The maximum Gasteiger partial charge on any atom is 0.322 e. The van der Waals surface area contributed by atoms with E-state index in [4.69, 9.17) is 0 Å². The number of nitrogens with zero attached hydrogens (tertiary/aromatic N) is 2. The normalized spacial score (nSPS) is 21.2. The van der Waals surface area contributed by atoms with Crippen molar-refractivity contribution in [3.8, 4) is 0 Å². The number of pyridine rings is 1. The maximum atomic E-state index is 4.59. The molecule has 0 fully saturated rings. The van der Waals surface area contributed by atoms with Gasteiger partial charge in [0, 0.05) is 18.1 Å². The lowest BCUT2D eigenvalue weighted by Gasteiger charge is -2.18. The minimum absolute atomic E-state index is 0.186. The minimum Gasteiger partial charge on any atom is -0.235 e. The molecule has 2 heterocycles. The number of hydrogen-bond acceptors (Lipinski definition) is 1. The molecule has 1 aromatic heterocycles. The van der Waals surface area contributed by atoms with Crippen LogP contribution in [-0.2, 0) is 5.41 Å². The largest absolute Gasteiger partial charge is 0.322 e. The zero-order valence-electron chi connectivity index (χ0n) is 11.4. The molecule has 2 heteroatoms. The number of hydrogen-bond donors (Lipinski definition) is 0. The lowest BCUT2D eigenvalue weighted by molar-refractivity contribution is -0.448. The van der Waals surface area contributed by atoms with Crippen molar-refractivity contribution in [1.29, 1.82) is 0 Å². The van der Waals surface area contributed by atoms with Crippen LogP contribution in [0.3, 0.4) is 0 Å². The Bertz CT molecular complexity index is 410. The first-order chi connectivity index (χ1) is 7.97. The van der Waals surface area contributed by atoms with Crippen molar-refractivity contribution in [3.05, 3.63) is 23.9 Å². The Morgan fingerprint density at radius 1 is 1.29 bits per heavy atom. The second kappa shape index (κ2) is 4.59. The van der Waals surface area contributed by atoms with E-state index in [1.54, 1.807) is 0 Å². The molecular formula is C15H23N2+. The van der Waals surface area contributed by atoms with Gasteiger partial charge in [0.15, 0.2) is 0 Å². The van der Waals surface area contributed by atoms with Crippen molar-refractivity contribution in [2.45, 2.75) is 46.0 Å². The van der Waals surface area contributed by atoms with Crippen LogP contribution in [0, 0.1) is 5.92 Å². The van der Waals surface area contributed by atoms with Gasteiger partial charge >= 0.3 is 5.82 Å². The van der Waals surface area contributed by atoms with E-state index in [1.165, 1.54) is 18.4 Å². The highest BCUT2D eigenvalue weighted by molar-refractivity contribution is 5.54. The Labute approximate surface area is 104 Å². The molecule has 0 saturated carbocycles. The molecule has 0 radical (unpaired) electrons. The van der Waals surface area contributed by atoms with Gasteiger partial charge in [-0.15, -0.1) is 0 Å². The molecule has 1 aromatic rings. The van der Waals surface area contributed by atoms with Crippen molar-refractivity contribution >= 4 is 12.0 Å². The predicted octanol–water partition coefficient (Wildman–Crippen LogP) is 3.52. The van der Waals surface area contributed by atoms with Crippen molar-refractivity contribution < 1.29 is 4.58 Å². The van der Waals surface area contributed by atoms with E-state index in [1.807, 2.05) is 6.20 Å². The van der Waals surface area contributed by atoms with Gasteiger partial charge < -0.3 is 0 Å². The van der Waals surface area contributed by atoms with E-state index >= 15 is 0 Å². The van der Waals surface area contributed by atoms with Crippen LogP contribution in [0.25, 0.3) is 0 Å². The Morgan fingerprint density at radius 2 is 2.06 bits per heavy atom. The Kier molecular flexibility index (Phi) is 3.32. The van der Waals surface area contributed by atoms with Crippen LogP contribution >= 0.6 is 0 Å². The first kappa shape index (κ1) is 12.3. The second-order valence-corrected chi connectivity index (χ2v) is 6.16. The molecule has 1 aliphatic heterocycles. The highest BCUT2D eigenvalue weighted by Crippen LogP contribution is 2.23. The van der Waals surface area contributed by atoms with Crippen LogP contribution in [0.2, 0.25) is 0 Å². The molecule has 17 heavy (non-hydrogen) atoms. The minimum atomic E-state index is 0.186. The summed E-state index contributed by atoms with van der Waals surface area (Å²) in [5.74, 6) is 1.91. The van der Waals surface area contributed by atoms with Gasteiger partial charge in [-0.2, -0.15) is 0 Å². The molecule has 1 atom stereocenters. The summed E-state index contributed by atoms with van der Waals surface area (Å²) >= 11 is 0. The van der Waals surface area contributed by atoms with Gasteiger partial charge in [-0.1, -0.05) is 27.7 Å². The highest BCUT2D eigenvalue weighted by atomic mass is 15.1. The van der Waals surface area contributed by atoms with Crippen molar-refractivity contribution in [3.63, 3.8) is 0 Å². The average molecular weight is 231 g/mol. The first-order valence-corrected chi connectivity index (χ1v) is 6.53. The van der Waals surface area contributed by atoms with Crippen molar-refractivity contribution in [2.24, 2.45) is 5.92 Å². The average Bonchev–Trinajstić information content (AvgIpc) is 2.29. The fraction of sp³-hybridized carbons (Fsp3) is 0.600. The molecule has 0 aromatic carbocycles. The van der Waals surface area contributed by atoms with Crippen LogP contribution in [0.1, 0.15) is 46.1 Å². The van der Waals surface area contributed by atoms with Crippen LogP contribution in [0.15, 0.2) is 18.3 Å². The fourth-order valence-electron chi connectivity index (χ4n) is 2.08. The fourth-order valence-corrected chi connectivity index (χ4v) is 2.08. The van der Waals surface area contributed by atoms with Crippen LogP contribution in [-0.4, -0.2) is 22.3 Å². The van der Waals surface area contributed by atoms with Crippen LogP contribution in [0.5, 0.6) is 0 Å².